The number of carbonyl (C=O) groups is 1. The van der Waals surface area contributed by atoms with Crippen LogP contribution in [-0.4, -0.2) is 28.6 Å². The fraction of sp³-hybridized carbons (Fsp3) is 0.600. The molecule has 4 nitrogen and oxygen atoms in total. The highest BCUT2D eigenvalue weighted by Crippen LogP contribution is 2.25. The van der Waals surface area contributed by atoms with Crippen molar-refractivity contribution in [2.24, 2.45) is 0 Å². The zero-order chi connectivity index (χ0) is 13.8. The van der Waals surface area contributed by atoms with Gasteiger partial charge in [0.05, 0.1) is 11.3 Å². The lowest BCUT2D eigenvalue weighted by Gasteiger charge is -2.30. The van der Waals surface area contributed by atoms with Crippen molar-refractivity contribution in [2.45, 2.75) is 52.0 Å². The summed E-state index contributed by atoms with van der Waals surface area (Å²) in [6.45, 7) is 5.00. The van der Waals surface area contributed by atoms with E-state index in [0.717, 1.165) is 18.8 Å². The van der Waals surface area contributed by atoms with E-state index in [1.54, 1.807) is 13.0 Å². The normalized spacial score (nSPS) is 20.1. The average molecular weight is 262 g/mol. The van der Waals surface area contributed by atoms with Gasteiger partial charge in [0.1, 0.15) is 5.82 Å². The molecule has 0 aromatic carbocycles. The Balaban J connectivity index is 2.28. The van der Waals surface area contributed by atoms with E-state index in [4.69, 9.17) is 5.11 Å². The van der Waals surface area contributed by atoms with Gasteiger partial charge in [-0.3, -0.25) is 0 Å². The Morgan fingerprint density at radius 1 is 1.42 bits per heavy atom. The summed E-state index contributed by atoms with van der Waals surface area (Å²) in [5, 5.41) is 9.06. The first-order valence-corrected chi connectivity index (χ1v) is 7.11. The summed E-state index contributed by atoms with van der Waals surface area (Å²) in [4.78, 5) is 17.9. The van der Waals surface area contributed by atoms with Gasteiger partial charge in [-0.25, -0.2) is 9.78 Å². The number of carboxylic acid groups (broad SMARTS) is 1. The van der Waals surface area contributed by atoms with Crippen LogP contribution in [0.1, 0.15) is 55.1 Å². The van der Waals surface area contributed by atoms with Crippen LogP contribution in [0.25, 0.3) is 0 Å². The molecule has 1 saturated heterocycles. The van der Waals surface area contributed by atoms with Gasteiger partial charge in [-0.05, 0) is 38.3 Å². The molecule has 1 N–H and O–H groups in total. The van der Waals surface area contributed by atoms with E-state index in [9.17, 15) is 4.79 Å². The van der Waals surface area contributed by atoms with Gasteiger partial charge in [0.15, 0.2) is 0 Å². The molecule has 1 aromatic rings. The Morgan fingerprint density at radius 3 is 2.84 bits per heavy atom. The highest BCUT2D eigenvalue weighted by Gasteiger charge is 2.21. The largest absolute Gasteiger partial charge is 0.478 e. The molecule has 0 saturated carbocycles. The molecule has 4 heteroatoms. The Kier molecular flexibility index (Phi) is 4.40. The monoisotopic (exact) mass is 262 g/mol. The number of carboxylic acids is 1. The number of nitrogens with zero attached hydrogens (tertiary/aromatic N) is 2. The number of hydrogen-bond donors (Lipinski definition) is 1. The second kappa shape index (κ2) is 6.04. The zero-order valence-electron chi connectivity index (χ0n) is 11.7. The summed E-state index contributed by atoms with van der Waals surface area (Å²) in [5.74, 6) is 0.0238. The van der Waals surface area contributed by atoms with Gasteiger partial charge in [-0.1, -0.05) is 19.8 Å². The second-order valence-electron chi connectivity index (χ2n) is 5.21. The molecule has 1 fully saturated rings. The minimum absolute atomic E-state index is 0.298. The van der Waals surface area contributed by atoms with Crippen LogP contribution in [0.3, 0.4) is 0 Å². The molecular formula is C15H22N2O2. The van der Waals surface area contributed by atoms with Crippen molar-refractivity contribution in [3.05, 3.63) is 23.4 Å². The molecule has 1 aromatic heterocycles. The maximum atomic E-state index is 11.0. The van der Waals surface area contributed by atoms with Crippen molar-refractivity contribution in [1.82, 2.24) is 4.98 Å². The fourth-order valence-electron chi connectivity index (χ4n) is 2.84. The molecule has 0 amide bonds. The number of aromatic nitrogens is 1. The first kappa shape index (κ1) is 13.8. The van der Waals surface area contributed by atoms with Crippen LogP contribution >= 0.6 is 0 Å². The predicted octanol–water partition coefficient (Wildman–Crippen LogP) is 3.25. The third kappa shape index (κ3) is 3.06. The molecule has 104 valence electrons. The van der Waals surface area contributed by atoms with Crippen molar-refractivity contribution in [2.75, 3.05) is 11.4 Å². The van der Waals surface area contributed by atoms with Gasteiger partial charge in [-0.15, -0.1) is 0 Å². The number of hydrogen-bond acceptors (Lipinski definition) is 3. The van der Waals surface area contributed by atoms with Crippen molar-refractivity contribution in [3.8, 4) is 0 Å². The molecule has 2 heterocycles. The summed E-state index contributed by atoms with van der Waals surface area (Å²) in [5.41, 5.74) is 0.899. The van der Waals surface area contributed by atoms with E-state index in [2.05, 4.69) is 16.8 Å². The first-order valence-electron chi connectivity index (χ1n) is 7.11. The SMILES string of the molecule is CCC1CCCCCN1c1ccc(C(=O)O)c(C)n1. The van der Waals surface area contributed by atoms with Crippen LogP contribution in [0.15, 0.2) is 12.1 Å². The van der Waals surface area contributed by atoms with E-state index in [-0.39, 0.29) is 0 Å². The number of aryl methyl sites for hydroxylation is 1. The molecule has 0 aliphatic carbocycles. The lowest BCUT2D eigenvalue weighted by molar-refractivity contribution is 0.0695. The highest BCUT2D eigenvalue weighted by molar-refractivity contribution is 5.89. The van der Waals surface area contributed by atoms with Crippen molar-refractivity contribution >= 4 is 11.8 Å². The van der Waals surface area contributed by atoms with Crippen LogP contribution in [0.5, 0.6) is 0 Å². The molecule has 0 bridgehead atoms. The van der Waals surface area contributed by atoms with E-state index >= 15 is 0 Å². The van der Waals surface area contributed by atoms with E-state index in [0.29, 0.717) is 17.3 Å². The molecule has 19 heavy (non-hydrogen) atoms. The topological polar surface area (TPSA) is 53.4 Å². The molecule has 1 unspecified atom stereocenters. The molecule has 1 aliphatic rings. The molecule has 0 radical (unpaired) electrons. The van der Waals surface area contributed by atoms with Crippen LogP contribution in [0.4, 0.5) is 5.82 Å². The average Bonchev–Trinajstić information content (AvgIpc) is 2.63. The number of aromatic carboxylic acids is 1. The minimum Gasteiger partial charge on any atom is -0.478 e. The molecule has 0 spiro atoms. The fourth-order valence-corrected chi connectivity index (χ4v) is 2.84. The van der Waals surface area contributed by atoms with Gasteiger partial charge in [0, 0.05) is 12.6 Å². The van der Waals surface area contributed by atoms with Gasteiger partial charge in [-0.2, -0.15) is 0 Å². The lowest BCUT2D eigenvalue weighted by Crippen LogP contribution is -2.35. The van der Waals surface area contributed by atoms with Crippen molar-refractivity contribution in [1.29, 1.82) is 0 Å². The number of anilines is 1. The quantitative estimate of drug-likeness (QED) is 0.908. The summed E-state index contributed by atoms with van der Waals surface area (Å²) < 4.78 is 0. The minimum atomic E-state index is -0.903. The maximum Gasteiger partial charge on any atom is 0.337 e. The Hall–Kier alpha value is -1.58. The van der Waals surface area contributed by atoms with E-state index < -0.39 is 5.97 Å². The van der Waals surface area contributed by atoms with E-state index in [1.807, 2.05) is 6.07 Å². The van der Waals surface area contributed by atoms with Crippen LogP contribution in [0, 0.1) is 6.92 Å². The molecule has 1 atom stereocenters. The second-order valence-corrected chi connectivity index (χ2v) is 5.21. The highest BCUT2D eigenvalue weighted by atomic mass is 16.4. The Bertz CT molecular complexity index is 459. The van der Waals surface area contributed by atoms with Crippen molar-refractivity contribution in [3.63, 3.8) is 0 Å². The summed E-state index contributed by atoms with van der Waals surface area (Å²) in [7, 11) is 0. The summed E-state index contributed by atoms with van der Waals surface area (Å²) in [6, 6.07) is 4.06. The summed E-state index contributed by atoms with van der Waals surface area (Å²) >= 11 is 0. The van der Waals surface area contributed by atoms with Gasteiger partial charge in [0.2, 0.25) is 0 Å². The van der Waals surface area contributed by atoms with Crippen molar-refractivity contribution < 1.29 is 9.90 Å². The van der Waals surface area contributed by atoms with E-state index in [1.165, 1.54) is 25.7 Å². The Labute approximate surface area is 114 Å². The third-order valence-corrected chi connectivity index (χ3v) is 3.94. The third-order valence-electron chi connectivity index (χ3n) is 3.94. The Morgan fingerprint density at radius 2 is 2.21 bits per heavy atom. The molecule has 2 rings (SSSR count). The van der Waals surface area contributed by atoms with Gasteiger partial charge < -0.3 is 10.0 Å². The first-order chi connectivity index (χ1) is 9.13. The van der Waals surface area contributed by atoms with Crippen LogP contribution in [0.2, 0.25) is 0 Å². The summed E-state index contributed by atoms with van der Waals surface area (Å²) in [6.07, 6.45) is 6.07. The van der Waals surface area contributed by atoms with Crippen LogP contribution in [-0.2, 0) is 0 Å². The number of rotatable bonds is 3. The number of pyridine rings is 1. The predicted molar refractivity (Wildman–Crippen MR) is 75.8 cm³/mol. The lowest BCUT2D eigenvalue weighted by atomic mass is 10.1. The molecule has 1 aliphatic heterocycles. The van der Waals surface area contributed by atoms with Gasteiger partial charge >= 0.3 is 5.97 Å². The smallest absolute Gasteiger partial charge is 0.337 e. The maximum absolute atomic E-state index is 11.0. The zero-order valence-corrected chi connectivity index (χ0v) is 11.7. The standard InChI is InChI=1S/C15H22N2O2/c1-3-12-7-5-4-6-10-17(12)14-9-8-13(15(18)19)11(2)16-14/h8-9,12H,3-7,10H2,1-2H3,(H,18,19). The van der Waals surface area contributed by atoms with Crippen LogP contribution < -0.4 is 4.90 Å². The molecular weight excluding hydrogens is 240 g/mol. The van der Waals surface area contributed by atoms with Gasteiger partial charge in [0.25, 0.3) is 0 Å².